The van der Waals surface area contributed by atoms with Crippen LogP contribution in [0.15, 0.2) is 53.4 Å². The number of halogens is 1. The second-order valence-electron chi connectivity index (χ2n) is 6.49. The van der Waals surface area contributed by atoms with Gasteiger partial charge in [0.1, 0.15) is 11.6 Å². The fraction of sp³-hybridized carbons (Fsp3) is 0.286. The molecule has 0 radical (unpaired) electrons. The van der Waals surface area contributed by atoms with Crippen molar-refractivity contribution in [1.82, 2.24) is 20.1 Å². The Balaban J connectivity index is 1.44. The number of rotatable bonds is 10. The van der Waals surface area contributed by atoms with Gasteiger partial charge in [-0.25, -0.2) is 4.39 Å². The van der Waals surface area contributed by atoms with Crippen molar-refractivity contribution in [3.63, 3.8) is 0 Å². The third-order valence-corrected chi connectivity index (χ3v) is 5.80. The minimum absolute atomic E-state index is 0.0365. The lowest BCUT2D eigenvalue weighted by Gasteiger charge is -2.09. The highest BCUT2D eigenvalue weighted by molar-refractivity contribution is 7.99. The molecule has 0 atom stereocenters. The number of aromatic nitrogens is 3. The number of benzene rings is 2. The lowest BCUT2D eigenvalue weighted by atomic mass is 10.2. The summed E-state index contributed by atoms with van der Waals surface area (Å²) in [5, 5.41) is 10.0. The molecule has 0 saturated heterocycles. The third-order valence-electron chi connectivity index (χ3n) is 4.39. The molecule has 1 heterocycles. The van der Waals surface area contributed by atoms with Crippen molar-refractivity contribution >= 4 is 29.9 Å². The second-order valence-corrected chi connectivity index (χ2v) is 8.04. The number of methoxy groups -OCH3 is 1. The number of ether oxygens (including phenoxy) is 1. The minimum Gasteiger partial charge on any atom is -0.497 e. The molecule has 9 heteroatoms. The van der Waals surface area contributed by atoms with Crippen molar-refractivity contribution in [3.05, 3.63) is 59.1 Å². The average molecular weight is 447 g/mol. The van der Waals surface area contributed by atoms with E-state index in [1.807, 2.05) is 28.8 Å². The van der Waals surface area contributed by atoms with Gasteiger partial charge in [-0.2, -0.15) is 5.10 Å². The van der Waals surface area contributed by atoms with Crippen LogP contribution in [0.1, 0.15) is 12.8 Å². The zero-order valence-corrected chi connectivity index (χ0v) is 18.2. The van der Waals surface area contributed by atoms with Crippen LogP contribution < -0.4 is 10.1 Å². The number of carbonyl (C=O) groups excluding carboxylic acids is 1. The van der Waals surface area contributed by atoms with E-state index in [1.54, 1.807) is 31.0 Å². The van der Waals surface area contributed by atoms with Crippen molar-refractivity contribution < 1.29 is 13.9 Å². The fourth-order valence-corrected chi connectivity index (χ4v) is 3.88. The van der Waals surface area contributed by atoms with Gasteiger partial charge in [0.2, 0.25) is 5.91 Å². The van der Waals surface area contributed by atoms with Crippen molar-refractivity contribution in [3.8, 4) is 17.1 Å². The Labute approximate surface area is 183 Å². The lowest BCUT2D eigenvalue weighted by Crippen LogP contribution is -2.25. The molecule has 0 aliphatic carbocycles. The molecule has 0 saturated carbocycles. The summed E-state index contributed by atoms with van der Waals surface area (Å²) in [5.41, 5.74) is 0.890. The fourth-order valence-electron chi connectivity index (χ4n) is 2.81. The molecule has 2 N–H and O–H groups in total. The van der Waals surface area contributed by atoms with E-state index in [9.17, 15) is 9.18 Å². The van der Waals surface area contributed by atoms with Gasteiger partial charge in [-0.15, -0.1) is 11.8 Å². The molecule has 0 aliphatic rings. The number of aromatic amines is 1. The van der Waals surface area contributed by atoms with Crippen LogP contribution in [-0.2, 0) is 11.3 Å². The topological polar surface area (TPSA) is 71.9 Å². The maximum absolute atomic E-state index is 12.9. The lowest BCUT2D eigenvalue weighted by molar-refractivity contribution is -0.121. The molecule has 2 aromatic carbocycles. The van der Waals surface area contributed by atoms with Gasteiger partial charge in [0.05, 0.1) is 7.11 Å². The molecule has 1 aromatic heterocycles. The van der Waals surface area contributed by atoms with Gasteiger partial charge < -0.3 is 10.1 Å². The van der Waals surface area contributed by atoms with E-state index in [1.165, 1.54) is 12.1 Å². The summed E-state index contributed by atoms with van der Waals surface area (Å²) >= 11 is 6.95. The predicted octanol–water partition coefficient (Wildman–Crippen LogP) is 4.44. The van der Waals surface area contributed by atoms with E-state index in [4.69, 9.17) is 17.0 Å². The summed E-state index contributed by atoms with van der Waals surface area (Å²) in [6.07, 6.45) is 1.14. The predicted molar refractivity (Wildman–Crippen MR) is 119 cm³/mol. The number of thioether (sulfide) groups is 1. The molecular formula is C21H23FN4O2S2. The first-order valence-corrected chi connectivity index (χ1v) is 10.9. The zero-order valence-electron chi connectivity index (χ0n) is 16.6. The largest absolute Gasteiger partial charge is 0.497 e. The maximum Gasteiger partial charge on any atom is 0.221 e. The number of carbonyl (C=O) groups is 1. The smallest absolute Gasteiger partial charge is 0.221 e. The highest BCUT2D eigenvalue weighted by atomic mass is 32.2. The summed E-state index contributed by atoms with van der Waals surface area (Å²) in [6.45, 7) is 1.03. The Morgan fingerprint density at radius 1 is 1.23 bits per heavy atom. The van der Waals surface area contributed by atoms with Gasteiger partial charge in [-0.3, -0.25) is 14.5 Å². The summed E-state index contributed by atoms with van der Waals surface area (Å²) in [6, 6.07) is 13.9. The number of amides is 1. The van der Waals surface area contributed by atoms with E-state index in [-0.39, 0.29) is 11.7 Å². The van der Waals surface area contributed by atoms with E-state index in [2.05, 4.69) is 15.5 Å². The number of H-pyrrole nitrogens is 1. The molecule has 158 valence electrons. The minimum atomic E-state index is -0.237. The summed E-state index contributed by atoms with van der Waals surface area (Å²) in [4.78, 5) is 13.2. The van der Waals surface area contributed by atoms with Crippen LogP contribution in [0, 0.1) is 10.6 Å². The Hall–Kier alpha value is -2.65. The standard InChI is InChI=1S/C21H23FN4O2S2/c1-28-17-7-3-15(4-8-17)20-24-25-21(29)26(20)13-11-19(27)23-12-2-14-30-18-9-5-16(22)6-10-18/h3-10H,2,11-14H2,1H3,(H,23,27)(H,25,29). The second kappa shape index (κ2) is 10.9. The SMILES string of the molecule is COc1ccc(-c2n[nH]c(=S)n2CCC(=O)NCCCSc2ccc(F)cc2)cc1. The molecule has 3 rings (SSSR count). The number of nitrogens with one attached hydrogen (secondary N) is 2. The van der Waals surface area contributed by atoms with Crippen LogP contribution in [-0.4, -0.2) is 40.1 Å². The molecule has 0 bridgehead atoms. The quantitative estimate of drug-likeness (QED) is 0.274. The van der Waals surface area contributed by atoms with Crippen molar-refractivity contribution in [1.29, 1.82) is 0 Å². The maximum atomic E-state index is 12.9. The van der Waals surface area contributed by atoms with E-state index in [0.717, 1.165) is 28.4 Å². The first-order chi connectivity index (χ1) is 14.6. The van der Waals surface area contributed by atoms with Gasteiger partial charge in [-0.1, -0.05) is 0 Å². The molecule has 0 spiro atoms. The van der Waals surface area contributed by atoms with Gasteiger partial charge in [0.25, 0.3) is 0 Å². The molecule has 6 nitrogen and oxygen atoms in total. The Kier molecular flexibility index (Phi) is 8.04. The first-order valence-electron chi connectivity index (χ1n) is 9.51. The van der Waals surface area contributed by atoms with E-state index >= 15 is 0 Å². The monoisotopic (exact) mass is 446 g/mol. The summed E-state index contributed by atoms with van der Waals surface area (Å²) < 4.78 is 20.4. The summed E-state index contributed by atoms with van der Waals surface area (Å²) in [5.74, 6) is 2.02. The van der Waals surface area contributed by atoms with Crippen LogP contribution in [0.5, 0.6) is 5.75 Å². The molecule has 0 unspecified atom stereocenters. The number of nitrogens with zero attached hydrogens (tertiary/aromatic N) is 2. The number of hydrogen-bond acceptors (Lipinski definition) is 5. The molecular weight excluding hydrogens is 423 g/mol. The van der Waals surface area contributed by atoms with Gasteiger partial charge in [0.15, 0.2) is 10.6 Å². The Morgan fingerprint density at radius 2 is 1.97 bits per heavy atom. The van der Waals surface area contributed by atoms with Crippen LogP contribution in [0.25, 0.3) is 11.4 Å². The van der Waals surface area contributed by atoms with Crippen molar-refractivity contribution in [2.75, 3.05) is 19.4 Å². The van der Waals surface area contributed by atoms with Crippen LogP contribution in [0.4, 0.5) is 4.39 Å². The first kappa shape index (κ1) is 22.0. The number of hydrogen-bond donors (Lipinski definition) is 2. The Bertz CT molecular complexity index is 1020. The molecule has 0 fully saturated rings. The van der Waals surface area contributed by atoms with Crippen molar-refractivity contribution in [2.24, 2.45) is 0 Å². The van der Waals surface area contributed by atoms with Gasteiger partial charge >= 0.3 is 0 Å². The van der Waals surface area contributed by atoms with Gasteiger partial charge in [-0.05, 0) is 72.9 Å². The molecule has 30 heavy (non-hydrogen) atoms. The van der Waals surface area contributed by atoms with Crippen molar-refractivity contribution in [2.45, 2.75) is 24.3 Å². The normalized spacial score (nSPS) is 10.7. The summed E-state index contributed by atoms with van der Waals surface area (Å²) in [7, 11) is 1.62. The van der Waals surface area contributed by atoms with E-state index < -0.39 is 0 Å². The molecule has 0 aliphatic heterocycles. The van der Waals surface area contributed by atoms with Crippen LogP contribution >= 0.6 is 24.0 Å². The van der Waals surface area contributed by atoms with Crippen LogP contribution in [0.3, 0.4) is 0 Å². The third kappa shape index (κ3) is 6.17. The van der Waals surface area contributed by atoms with Crippen LogP contribution in [0.2, 0.25) is 0 Å². The van der Waals surface area contributed by atoms with Gasteiger partial charge in [0, 0.05) is 30.0 Å². The molecule has 3 aromatic rings. The average Bonchev–Trinajstić information content (AvgIpc) is 3.13. The highest BCUT2D eigenvalue weighted by Gasteiger charge is 2.11. The molecule has 1 amide bonds. The zero-order chi connectivity index (χ0) is 21.3. The van der Waals surface area contributed by atoms with E-state index in [0.29, 0.717) is 30.1 Å². The Morgan fingerprint density at radius 3 is 2.67 bits per heavy atom. The highest BCUT2D eigenvalue weighted by Crippen LogP contribution is 2.21.